The minimum atomic E-state index is -3.35. The van der Waals surface area contributed by atoms with Gasteiger partial charge in [-0.3, -0.25) is 9.78 Å². The first-order valence-electron chi connectivity index (χ1n) is 7.39. The summed E-state index contributed by atoms with van der Waals surface area (Å²) in [5, 5.41) is -0.234. The van der Waals surface area contributed by atoms with Gasteiger partial charge >= 0.3 is 0 Å². The van der Waals surface area contributed by atoms with Gasteiger partial charge in [-0.15, -0.1) is 0 Å². The fourth-order valence-electron chi connectivity index (χ4n) is 2.67. The number of carbonyl (C=O) groups is 1. The molecule has 0 spiro atoms. The Morgan fingerprint density at radius 1 is 1.33 bits per heavy atom. The monoisotopic (exact) mass is 367 g/mol. The van der Waals surface area contributed by atoms with Crippen LogP contribution in [-0.4, -0.2) is 25.4 Å². The van der Waals surface area contributed by atoms with Crippen molar-refractivity contribution in [2.24, 2.45) is 5.92 Å². The van der Waals surface area contributed by atoms with Gasteiger partial charge in [0.2, 0.25) is 0 Å². The summed E-state index contributed by atoms with van der Waals surface area (Å²) in [5.74, 6) is -1.10. The van der Waals surface area contributed by atoms with E-state index in [1.54, 1.807) is 19.1 Å². The quantitative estimate of drug-likeness (QED) is 0.770. The Bertz CT molecular complexity index is 953. The summed E-state index contributed by atoms with van der Waals surface area (Å²) >= 11 is 6.03. The molecule has 0 atom stereocenters. The molecular formula is C17H15ClFNO3S. The number of hydrogen-bond acceptors (Lipinski definition) is 4. The zero-order valence-electron chi connectivity index (χ0n) is 13.1. The van der Waals surface area contributed by atoms with Crippen molar-refractivity contribution >= 4 is 27.2 Å². The van der Waals surface area contributed by atoms with Crippen molar-refractivity contribution in [1.82, 2.24) is 4.98 Å². The average Bonchev–Trinajstić information content (AvgIpc) is 3.32. The van der Waals surface area contributed by atoms with Crippen LogP contribution < -0.4 is 0 Å². The van der Waals surface area contributed by atoms with Crippen molar-refractivity contribution in [2.75, 3.05) is 6.26 Å². The number of pyridine rings is 1. The molecule has 1 aliphatic rings. The molecule has 0 amide bonds. The first-order valence-corrected chi connectivity index (χ1v) is 9.66. The third-order valence-corrected chi connectivity index (χ3v) is 5.64. The van der Waals surface area contributed by atoms with E-state index in [9.17, 15) is 17.6 Å². The second kappa shape index (κ2) is 5.93. The fraction of sp³-hybridized carbons (Fsp3) is 0.294. The zero-order valence-corrected chi connectivity index (χ0v) is 14.7. The highest BCUT2D eigenvalue weighted by molar-refractivity contribution is 7.90. The van der Waals surface area contributed by atoms with Crippen molar-refractivity contribution in [3.05, 3.63) is 46.4 Å². The molecule has 0 radical (unpaired) electrons. The van der Waals surface area contributed by atoms with Gasteiger partial charge in [0, 0.05) is 17.7 Å². The zero-order chi connectivity index (χ0) is 17.6. The molecule has 1 fully saturated rings. The minimum absolute atomic E-state index is 0.0747. The Labute approximate surface area is 144 Å². The second-order valence-corrected chi connectivity index (χ2v) is 8.40. The lowest BCUT2D eigenvalue weighted by Gasteiger charge is -2.12. The number of sulfone groups is 1. The van der Waals surface area contributed by atoms with Gasteiger partial charge in [-0.05, 0) is 37.5 Å². The molecule has 1 aliphatic carbocycles. The van der Waals surface area contributed by atoms with E-state index in [0.29, 0.717) is 11.1 Å². The lowest BCUT2D eigenvalue weighted by molar-refractivity contribution is 0.0967. The first kappa shape index (κ1) is 17.0. The molecule has 1 saturated carbocycles. The van der Waals surface area contributed by atoms with Crippen LogP contribution in [-0.2, 0) is 9.84 Å². The SMILES string of the molecule is Cc1cc(-c2ncc(F)c(Cl)c2C(=O)C2CC2)ccc1S(C)(=O)=O. The topological polar surface area (TPSA) is 64.1 Å². The van der Waals surface area contributed by atoms with Crippen molar-refractivity contribution in [1.29, 1.82) is 0 Å². The summed E-state index contributed by atoms with van der Waals surface area (Å²) < 4.78 is 37.3. The maximum absolute atomic E-state index is 13.8. The van der Waals surface area contributed by atoms with Gasteiger partial charge < -0.3 is 0 Å². The van der Waals surface area contributed by atoms with E-state index in [4.69, 9.17) is 11.6 Å². The predicted molar refractivity (Wildman–Crippen MR) is 89.5 cm³/mol. The third-order valence-electron chi connectivity index (χ3n) is 4.02. The van der Waals surface area contributed by atoms with Crippen molar-refractivity contribution < 1.29 is 17.6 Å². The van der Waals surface area contributed by atoms with Gasteiger partial charge in [0.25, 0.3) is 0 Å². The highest BCUT2D eigenvalue weighted by atomic mass is 35.5. The molecule has 24 heavy (non-hydrogen) atoms. The number of carbonyl (C=O) groups excluding carboxylic acids is 1. The summed E-state index contributed by atoms with van der Waals surface area (Å²) in [6.07, 6.45) is 3.62. The molecule has 126 valence electrons. The van der Waals surface area contributed by atoms with E-state index in [-0.39, 0.29) is 32.9 Å². The van der Waals surface area contributed by atoms with Crippen molar-refractivity contribution in [3.63, 3.8) is 0 Å². The molecule has 0 N–H and O–H groups in total. The second-order valence-electron chi connectivity index (χ2n) is 6.03. The number of hydrogen-bond donors (Lipinski definition) is 0. The van der Waals surface area contributed by atoms with E-state index in [2.05, 4.69) is 4.98 Å². The van der Waals surface area contributed by atoms with Crippen LogP contribution in [0, 0.1) is 18.7 Å². The molecule has 0 aliphatic heterocycles. The van der Waals surface area contributed by atoms with Crippen LogP contribution in [0.25, 0.3) is 11.3 Å². The summed E-state index contributed by atoms with van der Waals surface area (Å²) in [5.41, 5.74) is 1.42. The molecule has 1 heterocycles. The van der Waals surface area contributed by atoms with Crippen LogP contribution in [0.3, 0.4) is 0 Å². The van der Waals surface area contributed by atoms with Gasteiger partial charge in [-0.2, -0.15) is 0 Å². The summed E-state index contributed by atoms with van der Waals surface area (Å²) in [6, 6.07) is 4.64. The van der Waals surface area contributed by atoms with Crippen molar-refractivity contribution in [2.45, 2.75) is 24.7 Å². The number of aryl methyl sites for hydroxylation is 1. The summed E-state index contributed by atoms with van der Waals surface area (Å²) in [6.45, 7) is 1.66. The van der Waals surface area contributed by atoms with Crippen molar-refractivity contribution in [3.8, 4) is 11.3 Å². The molecule has 4 nitrogen and oxygen atoms in total. The largest absolute Gasteiger partial charge is 0.294 e. The molecule has 2 aromatic rings. The summed E-state index contributed by atoms with van der Waals surface area (Å²) in [4.78, 5) is 16.7. The van der Waals surface area contributed by atoms with E-state index < -0.39 is 15.7 Å². The van der Waals surface area contributed by atoms with E-state index >= 15 is 0 Å². The van der Waals surface area contributed by atoms with Gasteiger partial charge in [0.1, 0.15) is 0 Å². The number of rotatable bonds is 4. The Morgan fingerprint density at radius 2 is 2.00 bits per heavy atom. The number of nitrogens with zero attached hydrogens (tertiary/aromatic N) is 1. The lowest BCUT2D eigenvalue weighted by Crippen LogP contribution is -2.08. The lowest BCUT2D eigenvalue weighted by atomic mass is 9.99. The molecule has 1 aromatic heterocycles. The van der Waals surface area contributed by atoms with E-state index in [1.165, 1.54) is 6.07 Å². The van der Waals surface area contributed by atoms with Crippen LogP contribution in [0.15, 0.2) is 29.3 Å². The van der Waals surface area contributed by atoms with E-state index in [1.807, 2.05) is 0 Å². The number of benzene rings is 1. The number of Topliss-reactive ketones (excluding diaryl/α,β-unsaturated/α-hetero) is 1. The van der Waals surface area contributed by atoms with Gasteiger partial charge in [0.05, 0.1) is 27.4 Å². The molecule has 0 unspecified atom stereocenters. The number of halogens is 2. The standard InChI is InChI=1S/C17H15ClFNO3S/c1-9-7-11(5-6-13(9)24(2,22)23)16-14(17(21)10-3-4-10)15(18)12(19)8-20-16/h5-8,10H,3-4H2,1-2H3. The van der Waals surface area contributed by atoms with Gasteiger partial charge in [0.15, 0.2) is 21.4 Å². The smallest absolute Gasteiger partial charge is 0.175 e. The van der Waals surface area contributed by atoms with Crippen LogP contribution in [0.4, 0.5) is 4.39 Å². The number of aromatic nitrogens is 1. The Hall–Kier alpha value is -1.79. The minimum Gasteiger partial charge on any atom is -0.294 e. The van der Waals surface area contributed by atoms with Crippen LogP contribution in [0.5, 0.6) is 0 Å². The molecular weight excluding hydrogens is 353 g/mol. The van der Waals surface area contributed by atoms with Crippen LogP contribution in [0.1, 0.15) is 28.8 Å². The highest BCUT2D eigenvalue weighted by Gasteiger charge is 2.34. The maximum atomic E-state index is 13.8. The van der Waals surface area contributed by atoms with Gasteiger partial charge in [-0.1, -0.05) is 17.7 Å². The van der Waals surface area contributed by atoms with Gasteiger partial charge in [-0.25, -0.2) is 12.8 Å². The Morgan fingerprint density at radius 3 is 2.54 bits per heavy atom. The maximum Gasteiger partial charge on any atom is 0.175 e. The Balaban J connectivity index is 2.18. The molecule has 0 saturated heterocycles. The fourth-order valence-corrected chi connectivity index (χ4v) is 3.86. The molecule has 7 heteroatoms. The molecule has 1 aromatic carbocycles. The highest BCUT2D eigenvalue weighted by Crippen LogP contribution is 2.39. The summed E-state index contributed by atoms with van der Waals surface area (Å²) in [7, 11) is -3.35. The predicted octanol–water partition coefficient (Wildman–Crippen LogP) is 3.85. The third kappa shape index (κ3) is 3.08. The van der Waals surface area contributed by atoms with Crippen LogP contribution >= 0.6 is 11.6 Å². The average molecular weight is 368 g/mol. The molecule has 0 bridgehead atoms. The normalized spacial score (nSPS) is 14.7. The van der Waals surface area contributed by atoms with Crippen LogP contribution in [0.2, 0.25) is 5.02 Å². The Kier molecular flexibility index (Phi) is 4.21. The number of ketones is 1. The van der Waals surface area contributed by atoms with E-state index in [0.717, 1.165) is 25.3 Å². The first-order chi connectivity index (χ1) is 11.2. The molecule has 3 rings (SSSR count).